The van der Waals surface area contributed by atoms with Crippen LogP contribution in [0.1, 0.15) is 24.2 Å². The first-order valence-corrected chi connectivity index (χ1v) is 12.7. The van der Waals surface area contributed by atoms with Crippen molar-refractivity contribution in [1.29, 1.82) is 0 Å². The topological polar surface area (TPSA) is 116 Å². The summed E-state index contributed by atoms with van der Waals surface area (Å²) in [6, 6.07) is 8.98. The van der Waals surface area contributed by atoms with Gasteiger partial charge in [-0.05, 0) is 50.5 Å². The number of amides is 1. The molecule has 1 N–H and O–H groups in total. The molecule has 35 heavy (non-hydrogen) atoms. The molecule has 1 aliphatic heterocycles. The molecule has 0 bridgehead atoms. The minimum absolute atomic E-state index is 0.0389. The Balaban J connectivity index is 1.33. The number of sulfonamides is 1. The molecule has 0 spiro atoms. The molecule has 0 atom stereocenters. The van der Waals surface area contributed by atoms with Crippen molar-refractivity contribution in [2.75, 3.05) is 25.5 Å². The minimum Gasteiger partial charge on any atom is -0.493 e. The van der Waals surface area contributed by atoms with Crippen molar-refractivity contribution in [2.45, 2.75) is 31.7 Å². The Morgan fingerprint density at radius 2 is 1.86 bits per heavy atom. The van der Waals surface area contributed by atoms with Crippen LogP contribution in [-0.4, -0.2) is 53.4 Å². The van der Waals surface area contributed by atoms with Crippen molar-refractivity contribution < 1.29 is 22.7 Å². The quantitative estimate of drug-likeness (QED) is 0.530. The number of pyridine rings is 1. The maximum absolute atomic E-state index is 12.9. The summed E-state index contributed by atoms with van der Waals surface area (Å²) in [5, 5.41) is 2.90. The number of anilines is 1. The first kappa shape index (κ1) is 24.7. The van der Waals surface area contributed by atoms with Crippen molar-refractivity contribution in [1.82, 2.24) is 18.8 Å². The van der Waals surface area contributed by atoms with Crippen molar-refractivity contribution in [3.05, 3.63) is 54.1 Å². The molecule has 10 nitrogen and oxygen atoms in total. The van der Waals surface area contributed by atoms with Gasteiger partial charge in [-0.25, -0.2) is 18.4 Å². The fraction of sp³-hybridized carbons (Fsp3) is 0.375. The van der Waals surface area contributed by atoms with Gasteiger partial charge in [0.1, 0.15) is 5.82 Å². The second kappa shape index (κ2) is 10.0. The van der Waals surface area contributed by atoms with E-state index in [4.69, 9.17) is 9.47 Å². The highest BCUT2D eigenvalue weighted by Crippen LogP contribution is 2.32. The van der Waals surface area contributed by atoms with E-state index in [1.165, 1.54) is 16.7 Å². The molecule has 0 radical (unpaired) electrons. The van der Waals surface area contributed by atoms with Crippen LogP contribution >= 0.6 is 0 Å². The van der Waals surface area contributed by atoms with Crippen LogP contribution < -0.4 is 14.8 Å². The number of nitrogens with zero attached hydrogens (tertiary/aromatic N) is 4. The number of aromatic nitrogens is 3. The molecule has 3 heterocycles. The number of methoxy groups -OCH3 is 1. The molecule has 1 saturated heterocycles. The number of nitrogens with one attached hydrogen (secondary N) is 1. The van der Waals surface area contributed by atoms with Gasteiger partial charge in [0.2, 0.25) is 11.8 Å². The maximum atomic E-state index is 12.9. The first-order chi connectivity index (χ1) is 16.7. The third kappa shape index (κ3) is 5.46. The molecule has 11 heteroatoms. The van der Waals surface area contributed by atoms with Crippen LogP contribution in [0.5, 0.6) is 17.4 Å². The summed E-state index contributed by atoms with van der Waals surface area (Å²) in [5.41, 5.74) is 1.59. The summed E-state index contributed by atoms with van der Waals surface area (Å²) in [4.78, 5) is 21.2. The lowest BCUT2D eigenvalue weighted by molar-refractivity contribution is -0.120. The van der Waals surface area contributed by atoms with Crippen LogP contribution in [0.3, 0.4) is 0 Å². The normalized spacial score (nSPS) is 15.1. The zero-order valence-corrected chi connectivity index (χ0v) is 21.0. The van der Waals surface area contributed by atoms with E-state index in [9.17, 15) is 13.2 Å². The van der Waals surface area contributed by atoms with Crippen LogP contribution in [0.15, 0.2) is 47.8 Å². The molecule has 1 aromatic carbocycles. The zero-order chi connectivity index (χ0) is 25.2. The molecule has 4 rings (SSSR count). The molecule has 0 unspecified atom stereocenters. The van der Waals surface area contributed by atoms with Crippen LogP contribution in [0.25, 0.3) is 0 Å². The number of ether oxygens (including phenoxy) is 2. The number of benzene rings is 1. The molecule has 1 amide bonds. The van der Waals surface area contributed by atoms with Crippen LogP contribution in [0, 0.1) is 19.8 Å². The minimum atomic E-state index is -3.67. The van der Waals surface area contributed by atoms with Gasteiger partial charge in [0, 0.05) is 38.3 Å². The van der Waals surface area contributed by atoms with E-state index < -0.39 is 10.0 Å². The number of carbonyl (C=O) groups excluding carboxylic acids is 1. The predicted molar refractivity (Wildman–Crippen MR) is 130 cm³/mol. The van der Waals surface area contributed by atoms with E-state index in [1.807, 2.05) is 25.1 Å². The van der Waals surface area contributed by atoms with Gasteiger partial charge in [-0.15, -0.1) is 0 Å². The molecule has 186 valence electrons. The highest BCUT2D eigenvalue weighted by molar-refractivity contribution is 7.89. The van der Waals surface area contributed by atoms with Crippen LogP contribution in [-0.2, 0) is 21.9 Å². The average molecular weight is 500 g/mol. The predicted octanol–water partition coefficient (Wildman–Crippen LogP) is 3.27. The van der Waals surface area contributed by atoms with Gasteiger partial charge in [0.15, 0.2) is 16.5 Å². The smallest absolute Gasteiger partial charge is 0.262 e. The molecule has 3 aromatic rings. The van der Waals surface area contributed by atoms with Gasteiger partial charge >= 0.3 is 0 Å². The van der Waals surface area contributed by atoms with Gasteiger partial charge in [0.25, 0.3) is 10.0 Å². The molecule has 1 fully saturated rings. The number of aryl methyl sites for hydroxylation is 3. The monoisotopic (exact) mass is 499 g/mol. The van der Waals surface area contributed by atoms with Crippen molar-refractivity contribution in [3.63, 3.8) is 0 Å². The molecule has 0 aliphatic carbocycles. The number of hydrogen-bond donors (Lipinski definition) is 1. The maximum Gasteiger partial charge on any atom is 0.262 e. The lowest BCUT2D eigenvalue weighted by atomic mass is 9.97. The number of piperidine rings is 1. The molecule has 2 aromatic heterocycles. The van der Waals surface area contributed by atoms with E-state index >= 15 is 0 Å². The van der Waals surface area contributed by atoms with Gasteiger partial charge in [-0.1, -0.05) is 6.07 Å². The fourth-order valence-corrected chi connectivity index (χ4v) is 5.37. The highest BCUT2D eigenvalue weighted by atomic mass is 32.2. The first-order valence-electron chi connectivity index (χ1n) is 11.3. The van der Waals surface area contributed by atoms with Gasteiger partial charge < -0.3 is 19.4 Å². The summed E-state index contributed by atoms with van der Waals surface area (Å²) < 4.78 is 39.9. The third-order valence-corrected chi connectivity index (χ3v) is 7.82. The summed E-state index contributed by atoms with van der Waals surface area (Å²) >= 11 is 0. The Hall–Kier alpha value is -3.44. The Labute approximate surface area is 205 Å². The van der Waals surface area contributed by atoms with Crippen LogP contribution in [0.2, 0.25) is 0 Å². The van der Waals surface area contributed by atoms with E-state index in [1.54, 1.807) is 37.8 Å². The van der Waals surface area contributed by atoms with E-state index in [-0.39, 0.29) is 29.9 Å². The zero-order valence-electron chi connectivity index (χ0n) is 20.2. The standard InChI is InChI=1S/C24H29N5O5S/c1-16-5-7-20(21(13-16)33-4)34-22-8-6-19(14-25-22)27-24(30)18-9-11-29(12-10-18)35(31,32)23-15-28(3)17(2)26-23/h5-8,13-15,18H,9-12H2,1-4H3,(H,27,30). The van der Waals surface area contributed by atoms with E-state index in [2.05, 4.69) is 15.3 Å². The summed E-state index contributed by atoms with van der Waals surface area (Å²) in [6.07, 6.45) is 3.90. The lowest BCUT2D eigenvalue weighted by Crippen LogP contribution is -2.41. The van der Waals surface area contributed by atoms with Crippen molar-refractivity contribution in [2.24, 2.45) is 13.0 Å². The molecule has 0 saturated carbocycles. The fourth-order valence-electron chi connectivity index (χ4n) is 3.87. The highest BCUT2D eigenvalue weighted by Gasteiger charge is 2.33. The van der Waals surface area contributed by atoms with E-state index in [0.29, 0.717) is 41.7 Å². The largest absolute Gasteiger partial charge is 0.493 e. The van der Waals surface area contributed by atoms with Gasteiger partial charge in [-0.3, -0.25) is 4.79 Å². The summed E-state index contributed by atoms with van der Waals surface area (Å²) in [7, 11) is -0.342. The third-order valence-electron chi connectivity index (χ3n) is 6.05. The van der Waals surface area contributed by atoms with Crippen LogP contribution in [0.4, 0.5) is 5.69 Å². The molecular formula is C24H29N5O5S. The number of hydrogen-bond acceptors (Lipinski definition) is 7. The molecular weight excluding hydrogens is 470 g/mol. The second-order valence-electron chi connectivity index (χ2n) is 8.55. The van der Waals surface area contributed by atoms with E-state index in [0.717, 1.165) is 5.56 Å². The molecule has 1 aliphatic rings. The Kier molecular flexibility index (Phi) is 7.08. The SMILES string of the molecule is COc1cc(C)ccc1Oc1ccc(NC(=O)C2CCN(S(=O)(=O)c3cn(C)c(C)n3)CC2)cn1. The van der Waals surface area contributed by atoms with Gasteiger partial charge in [-0.2, -0.15) is 4.31 Å². The van der Waals surface area contributed by atoms with Crippen molar-refractivity contribution in [3.8, 4) is 17.4 Å². The van der Waals surface area contributed by atoms with Gasteiger partial charge in [0.05, 0.1) is 19.0 Å². The van der Waals surface area contributed by atoms with Crippen molar-refractivity contribution >= 4 is 21.6 Å². The Bertz CT molecular complexity index is 1290. The number of rotatable bonds is 7. The second-order valence-corrected chi connectivity index (χ2v) is 10.4. The summed E-state index contributed by atoms with van der Waals surface area (Å²) in [6.45, 7) is 4.24. The number of carbonyl (C=O) groups is 1. The summed E-state index contributed by atoms with van der Waals surface area (Å²) in [5.74, 6) is 1.70. The number of imidazole rings is 1. The Morgan fingerprint density at radius 3 is 2.46 bits per heavy atom. The average Bonchev–Trinajstić information content (AvgIpc) is 3.20. The lowest BCUT2D eigenvalue weighted by Gasteiger charge is -2.29. The Morgan fingerprint density at radius 1 is 1.11 bits per heavy atom.